The van der Waals surface area contributed by atoms with Gasteiger partial charge < -0.3 is 21.1 Å². The summed E-state index contributed by atoms with van der Waals surface area (Å²) >= 11 is 0. The SMILES string of the molecule is CCNC(=NCCNC(=O)c1ccccc1O)NC1CCN(C2CCCC2)C1.I. The van der Waals surface area contributed by atoms with Crippen molar-refractivity contribution in [3.63, 3.8) is 0 Å². The van der Waals surface area contributed by atoms with Crippen molar-refractivity contribution in [2.75, 3.05) is 32.7 Å². The number of hydrogen-bond donors (Lipinski definition) is 4. The largest absolute Gasteiger partial charge is 0.507 e. The molecule has 0 aromatic heterocycles. The second-order valence-corrected chi connectivity index (χ2v) is 7.60. The summed E-state index contributed by atoms with van der Waals surface area (Å²) in [4.78, 5) is 19.3. The number of likely N-dealkylation sites (tertiary alicyclic amines) is 1. The van der Waals surface area contributed by atoms with Gasteiger partial charge in [0.15, 0.2) is 5.96 Å². The maximum atomic E-state index is 12.1. The summed E-state index contributed by atoms with van der Waals surface area (Å²) in [7, 11) is 0. The topological polar surface area (TPSA) is 89.0 Å². The first-order valence-corrected chi connectivity index (χ1v) is 10.5. The Balaban J connectivity index is 0.00000300. The van der Waals surface area contributed by atoms with Gasteiger partial charge in [-0.1, -0.05) is 25.0 Å². The summed E-state index contributed by atoms with van der Waals surface area (Å²) in [6.45, 7) is 6.00. The van der Waals surface area contributed by atoms with E-state index in [1.54, 1.807) is 18.2 Å². The van der Waals surface area contributed by atoms with Gasteiger partial charge in [0.25, 0.3) is 5.91 Å². The Hall–Kier alpha value is -1.55. The van der Waals surface area contributed by atoms with E-state index < -0.39 is 0 Å². The van der Waals surface area contributed by atoms with Crippen molar-refractivity contribution in [1.82, 2.24) is 20.9 Å². The Bertz CT molecular complexity index is 679. The van der Waals surface area contributed by atoms with Gasteiger partial charge in [0.05, 0.1) is 12.1 Å². The lowest BCUT2D eigenvalue weighted by Crippen LogP contribution is -2.45. The highest BCUT2D eigenvalue weighted by molar-refractivity contribution is 14.0. The summed E-state index contributed by atoms with van der Waals surface area (Å²) in [5.74, 6) is 0.512. The van der Waals surface area contributed by atoms with E-state index in [1.165, 1.54) is 38.3 Å². The Morgan fingerprint density at radius 2 is 1.97 bits per heavy atom. The van der Waals surface area contributed by atoms with E-state index in [1.807, 2.05) is 0 Å². The number of rotatable bonds is 7. The first-order chi connectivity index (χ1) is 13.7. The van der Waals surface area contributed by atoms with Crippen LogP contribution < -0.4 is 16.0 Å². The maximum absolute atomic E-state index is 12.1. The summed E-state index contributed by atoms with van der Waals surface area (Å²) in [5, 5.41) is 19.4. The van der Waals surface area contributed by atoms with E-state index in [0.717, 1.165) is 31.5 Å². The van der Waals surface area contributed by atoms with Crippen molar-refractivity contribution < 1.29 is 9.90 Å². The molecule has 1 aromatic carbocycles. The van der Waals surface area contributed by atoms with Crippen molar-refractivity contribution in [2.24, 2.45) is 4.99 Å². The summed E-state index contributed by atoms with van der Waals surface area (Å²) in [6, 6.07) is 7.75. The van der Waals surface area contributed by atoms with E-state index in [2.05, 4.69) is 32.8 Å². The molecule has 0 spiro atoms. The number of hydrogen-bond acceptors (Lipinski definition) is 4. The van der Waals surface area contributed by atoms with E-state index >= 15 is 0 Å². The molecule has 1 aliphatic carbocycles. The number of amides is 1. The van der Waals surface area contributed by atoms with E-state index in [-0.39, 0.29) is 41.2 Å². The lowest BCUT2D eigenvalue weighted by Gasteiger charge is -2.24. The first kappa shape index (κ1) is 23.7. The van der Waals surface area contributed by atoms with Crippen molar-refractivity contribution in [3.05, 3.63) is 29.8 Å². The number of halogens is 1. The van der Waals surface area contributed by atoms with Gasteiger partial charge in [0.2, 0.25) is 0 Å². The lowest BCUT2D eigenvalue weighted by atomic mass is 10.2. The highest BCUT2D eigenvalue weighted by Gasteiger charge is 2.30. The molecule has 0 radical (unpaired) electrons. The second kappa shape index (κ2) is 12.2. The molecule has 8 heteroatoms. The highest BCUT2D eigenvalue weighted by atomic mass is 127. The fourth-order valence-electron chi connectivity index (χ4n) is 4.12. The van der Waals surface area contributed by atoms with Gasteiger partial charge in [0, 0.05) is 38.3 Å². The zero-order valence-electron chi connectivity index (χ0n) is 17.2. The minimum Gasteiger partial charge on any atom is -0.507 e. The molecule has 1 heterocycles. The van der Waals surface area contributed by atoms with Crippen LogP contribution in [-0.4, -0.2) is 66.7 Å². The molecule has 162 valence electrons. The van der Waals surface area contributed by atoms with E-state index in [0.29, 0.717) is 19.1 Å². The summed E-state index contributed by atoms with van der Waals surface area (Å²) in [5.41, 5.74) is 0.287. The fourth-order valence-corrected chi connectivity index (χ4v) is 4.12. The normalized spacial score (nSPS) is 20.3. The van der Waals surface area contributed by atoms with Gasteiger partial charge in [-0.05, 0) is 38.3 Å². The molecular weight excluding hydrogens is 481 g/mol. The average molecular weight is 515 g/mol. The van der Waals surface area contributed by atoms with Gasteiger partial charge in [0.1, 0.15) is 5.75 Å². The third kappa shape index (κ3) is 7.02. The number of carbonyl (C=O) groups is 1. The van der Waals surface area contributed by atoms with E-state index in [4.69, 9.17) is 0 Å². The fraction of sp³-hybridized carbons (Fsp3) is 0.619. The number of nitrogens with one attached hydrogen (secondary N) is 3. The predicted molar refractivity (Wildman–Crippen MR) is 127 cm³/mol. The predicted octanol–water partition coefficient (Wildman–Crippen LogP) is 2.31. The third-order valence-electron chi connectivity index (χ3n) is 5.56. The highest BCUT2D eigenvalue weighted by Crippen LogP contribution is 2.26. The van der Waals surface area contributed by atoms with Crippen molar-refractivity contribution in [2.45, 2.75) is 51.1 Å². The number of carbonyl (C=O) groups excluding carboxylic acids is 1. The third-order valence-corrected chi connectivity index (χ3v) is 5.56. The van der Waals surface area contributed by atoms with Crippen LogP contribution in [0.1, 0.15) is 49.4 Å². The molecule has 2 aliphatic rings. The molecule has 1 unspecified atom stereocenters. The van der Waals surface area contributed by atoms with Crippen LogP contribution in [0.2, 0.25) is 0 Å². The standard InChI is InChI=1S/C21H33N5O2.HI/c1-2-22-21(25-16-11-14-26(15-16)17-7-3-4-8-17)24-13-12-23-20(28)18-9-5-6-10-19(18)27;/h5-6,9-10,16-17,27H,2-4,7-8,11-15H2,1H3,(H,23,28)(H2,22,24,25);1H. The van der Waals surface area contributed by atoms with Crippen LogP contribution in [0.25, 0.3) is 0 Å². The molecule has 1 aliphatic heterocycles. The number of phenolic OH excluding ortho intramolecular Hbond substituents is 1. The van der Waals surface area contributed by atoms with Gasteiger partial charge in [-0.15, -0.1) is 24.0 Å². The molecule has 3 rings (SSSR count). The molecule has 29 heavy (non-hydrogen) atoms. The molecule has 1 atom stereocenters. The average Bonchev–Trinajstić information content (AvgIpc) is 3.37. The lowest BCUT2D eigenvalue weighted by molar-refractivity contribution is 0.0952. The van der Waals surface area contributed by atoms with Crippen LogP contribution in [0.4, 0.5) is 0 Å². The van der Waals surface area contributed by atoms with Gasteiger partial charge in [-0.25, -0.2) is 0 Å². The van der Waals surface area contributed by atoms with E-state index in [9.17, 15) is 9.90 Å². The Morgan fingerprint density at radius 1 is 1.21 bits per heavy atom. The van der Waals surface area contributed by atoms with Crippen LogP contribution in [-0.2, 0) is 0 Å². The number of aliphatic imine (C=N–C) groups is 1. The Kier molecular flexibility index (Phi) is 9.99. The summed E-state index contributed by atoms with van der Waals surface area (Å²) < 4.78 is 0. The smallest absolute Gasteiger partial charge is 0.255 e. The van der Waals surface area contributed by atoms with Crippen LogP contribution >= 0.6 is 24.0 Å². The molecular formula is C21H34IN5O2. The number of aromatic hydroxyl groups is 1. The van der Waals surface area contributed by atoms with Gasteiger partial charge >= 0.3 is 0 Å². The molecule has 1 saturated carbocycles. The van der Waals surface area contributed by atoms with Crippen LogP contribution in [0, 0.1) is 0 Å². The zero-order chi connectivity index (χ0) is 19.8. The molecule has 0 bridgehead atoms. The Labute approximate surface area is 190 Å². The number of guanidine groups is 1. The quantitative estimate of drug-likeness (QED) is 0.194. The minimum atomic E-state index is -0.283. The first-order valence-electron chi connectivity index (χ1n) is 10.5. The van der Waals surface area contributed by atoms with Crippen LogP contribution in [0.3, 0.4) is 0 Å². The Morgan fingerprint density at radius 3 is 2.69 bits per heavy atom. The van der Waals surface area contributed by atoms with Crippen LogP contribution in [0.5, 0.6) is 5.75 Å². The number of phenols is 1. The van der Waals surface area contributed by atoms with Crippen molar-refractivity contribution in [1.29, 1.82) is 0 Å². The van der Waals surface area contributed by atoms with Crippen molar-refractivity contribution in [3.8, 4) is 5.75 Å². The number of para-hydroxylation sites is 1. The van der Waals surface area contributed by atoms with Gasteiger partial charge in [-0.3, -0.25) is 14.7 Å². The van der Waals surface area contributed by atoms with Crippen LogP contribution in [0.15, 0.2) is 29.3 Å². The minimum absolute atomic E-state index is 0. The maximum Gasteiger partial charge on any atom is 0.255 e. The molecule has 2 fully saturated rings. The number of benzene rings is 1. The zero-order valence-corrected chi connectivity index (χ0v) is 19.5. The molecule has 1 saturated heterocycles. The summed E-state index contributed by atoms with van der Waals surface area (Å²) in [6.07, 6.45) is 6.58. The molecule has 4 N–H and O–H groups in total. The van der Waals surface area contributed by atoms with Gasteiger partial charge in [-0.2, -0.15) is 0 Å². The number of nitrogens with zero attached hydrogens (tertiary/aromatic N) is 2. The monoisotopic (exact) mass is 515 g/mol. The molecule has 7 nitrogen and oxygen atoms in total. The van der Waals surface area contributed by atoms with Crippen molar-refractivity contribution >= 4 is 35.8 Å². The molecule has 1 aromatic rings. The second-order valence-electron chi connectivity index (χ2n) is 7.60. The molecule has 1 amide bonds.